The lowest BCUT2D eigenvalue weighted by atomic mass is 10.1. The maximum atomic E-state index is 11.7. The summed E-state index contributed by atoms with van der Waals surface area (Å²) in [5, 5.41) is 8.63. The summed E-state index contributed by atoms with van der Waals surface area (Å²) in [6.45, 7) is 5.66. The average Bonchev–Trinajstić information content (AvgIpc) is 2.70. The molecule has 0 saturated carbocycles. The van der Waals surface area contributed by atoms with Crippen molar-refractivity contribution in [2.75, 3.05) is 33.1 Å². The van der Waals surface area contributed by atoms with E-state index in [4.69, 9.17) is 23.9 Å². The van der Waals surface area contributed by atoms with Crippen molar-refractivity contribution in [1.29, 1.82) is 0 Å². The average molecular weight is 505 g/mol. The fourth-order valence-corrected chi connectivity index (χ4v) is 3.55. The van der Waals surface area contributed by atoms with Gasteiger partial charge in [0.25, 0.3) is 10.1 Å². The van der Waals surface area contributed by atoms with Crippen LogP contribution in [0.1, 0.15) is 19.4 Å². The fraction of sp³-hybridized carbons (Fsp3) is 0.429. The quantitative estimate of drug-likeness (QED) is 0.307. The first-order valence-corrected chi connectivity index (χ1v) is 13.4. The molecule has 0 radical (unpaired) electrons. The smallest absolute Gasteiger partial charge is 0.261 e. The molecule has 2 rings (SSSR count). The number of sulfonamides is 1. The van der Waals surface area contributed by atoms with Crippen LogP contribution >= 0.6 is 0 Å². The van der Waals surface area contributed by atoms with Gasteiger partial charge in [0.2, 0.25) is 10.0 Å². The largest absolute Gasteiger partial charge is 0.495 e. The molecule has 0 aliphatic carbocycles. The lowest BCUT2D eigenvalue weighted by molar-refractivity contribution is 0.272. The Labute approximate surface area is 195 Å². The highest BCUT2D eigenvalue weighted by Crippen LogP contribution is 2.26. The summed E-state index contributed by atoms with van der Waals surface area (Å²) in [5.74, 6) is 1.69. The van der Waals surface area contributed by atoms with Crippen LogP contribution in [-0.2, 0) is 26.6 Å². The molecule has 0 aliphatic rings. The summed E-state index contributed by atoms with van der Waals surface area (Å²) >= 11 is 0. The lowest BCUT2D eigenvalue weighted by Gasteiger charge is -2.16. The van der Waals surface area contributed by atoms with E-state index in [9.17, 15) is 16.8 Å². The number of hydrogen-bond donors (Lipinski definition) is 3. The number of para-hydroxylation sites is 2. The van der Waals surface area contributed by atoms with Crippen molar-refractivity contribution >= 4 is 20.1 Å². The van der Waals surface area contributed by atoms with E-state index >= 15 is 0 Å². The molecule has 1 unspecified atom stereocenters. The Morgan fingerprint density at radius 2 is 1.61 bits per heavy atom. The fourth-order valence-electron chi connectivity index (χ4n) is 2.81. The van der Waals surface area contributed by atoms with Gasteiger partial charge in [0.15, 0.2) is 11.5 Å². The van der Waals surface area contributed by atoms with Crippen LogP contribution in [0.2, 0.25) is 0 Å². The summed E-state index contributed by atoms with van der Waals surface area (Å²) in [5.41, 5.74) is 0.854. The van der Waals surface area contributed by atoms with E-state index in [2.05, 4.69) is 5.32 Å². The molecule has 2 aromatic carbocycles. The number of primary sulfonamides is 1. The maximum absolute atomic E-state index is 11.7. The van der Waals surface area contributed by atoms with Gasteiger partial charge in [0.05, 0.1) is 20.0 Å². The van der Waals surface area contributed by atoms with Crippen molar-refractivity contribution in [3.8, 4) is 17.2 Å². The van der Waals surface area contributed by atoms with Gasteiger partial charge in [-0.1, -0.05) is 18.2 Å². The highest BCUT2D eigenvalue weighted by molar-refractivity contribution is 7.89. The predicted molar refractivity (Wildman–Crippen MR) is 126 cm³/mol. The van der Waals surface area contributed by atoms with Gasteiger partial charge in [-0.25, -0.2) is 13.6 Å². The van der Waals surface area contributed by atoms with E-state index < -0.39 is 20.1 Å². The Kier molecular flexibility index (Phi) is 11.6. The summed E-state index contributed by atoms with van der Waals surface area (Å²) in [6.07, 6.45) is 1.36. The Hall–Kier alpha value is -2.38. The van der Waals surface area contributed by atoms with Crippen LogP contribution in [0.25, 0.3) is 0 Å². The molecule has 0 fully saturated rings. The Morgan fingerprint density at radius 1 is 1.03 bits per heavy atom. The molecule has 0 amide bonds. The van der Waals surface area contributed by atoms with Gasteiger partial charge in [0.1, 0.15) is 17.3 Å². The van der Waals surface area contributed by atoms with Gasteiger partial charge < -0.3 is 19.5 Å². The van der Waals surface area contributed by atoms with E-state index in [1.165, 1.54) is 7.11 Å². The van der Waals surface area contributed by atoms with Crippen LogP contribution < -0.4 is 24.7 Å². The molecule has 2 aromatic rings. The molecule has 0 spiro atoms. The molecule has 0 saturated heterocycles. The van der Waals surface area contributed by atoms with Crippen LogP contribution in [0.3, 0.4) is 0 Å². The molecule has 186 valence electrons. The van der Waals surface area contributed by atoms with Gasteiger partial charge >= 0.3 is 0 Å². The lowest BCUT2D eigenvalue weighted by Crippen LogP contribution is -2.32. The second-order valence-electron chi connectivity index (χ2n) is 7.05. The minimum atomic E-state index is -3.84. The zero-order valence-electron chi connectivity index (χ0n) is 19.1. The van der Waals surface area contributed by atoms with E-state index in [0.29, 0.717) is 38.2 Å². The van der Waals surface area contributed by atoms with Crippen molar-refractivity contribution in [2.24, 2.45) is 5.14 Å². The second-order valence-corrected chi connectivity index (χ2v) is 10.0. The SMILES string of the molecule is CCOc1ccccc1OCCNC(C)Cc1ccc(OC)c(S(N)(=O)=O)c1.CS(=O)(=O)O. The molecule has 10 nitrogen and oxygen atoms in total. The summed E-state index contributed by atoms with van der Waals surface area (Å²) in [6, 6.07) is 12.7. The van der Waals surface area contributed by atoms with E-state index in [1.807, 2.05) is 44.2 Å². The third-order valence-corrected chi connectivity index (χ3v) is 5.01. The standard InChI is InChI=1S/C20H28N2O5S.CH4O3S/c1-4-26-17-7-5-6-8-18(17)27-12-11-22-15(2)13-16-9-10-19(25-3)20(14-16)28(21,23)24;1-5(2,3)4/h5-10,14-15,22H,4,11-13H2,1-3H3,(H2,21,23,24);1H3,(H,2,3,4). The number of rotatable bonds is 11. The van der Waals surface area contributed by atoms with E-state index in [-0.39, 0.29) is 16.7 Å². The monoisotopic (exact) mass is 504 g/mol. The number of benzene rings is 2. The van der Waals surface area contributed by atoms with Crippen LogP contribution in [0, 0.1) is 0 Å². The minimum absolute atomic E-state index is 0.00411. The number of nitrogens with one attached hydrogen (secondary N) is 1. The molecule has 0 aromatic heterocycles. The van der Waals surface area contributed by atoms with Gasteiger partial charge in [-0.2, -0.15) is 8.42 Å². The van der Waals surface area contributed by atoms with Crippen molar-refractivity contribution in [3.05, 3.63) is 48.0 Å². The van der Waals surface area contributed by atoms with Crippen molar-refractivity contribution in [3.63, 3.8) is 0 Å². The molecule has 33 heavy (non-hydrogen) atoms. The molecule has 1 atom stereocenters. The maximum Gasteiger partial charge on any atom is 0.261 e. The van der Waals surface area contributed by atoms with Crippen molar-refractivity contribution < 1.29 is 35.6 Å². The number of nitrogens with two attached hydrogens (primary N) is 1. The van der Waals surface area contributed by atoms with Gasteiger partial charge in [-0.3, -0.25) is 4.55 Å². The Balaban J connectivity index is 0.000000981. The topological polar surface area (TPSA) is 154 Å². The minimum Gasteiger partial charge on any atom is -0.495 e. The van der Waals surface area contributed by atoms with E-state index in [1.54, 1.807) is 12.1 Å². The summed E-state index contributed by atoms with van der Waals surface area (Å²) in [7, 11) is -6.09. The third kappa shape index (κ3) is 11.9. The normalized spacial score (nSPS) is 12.3. The van der Waals surface area contributed by atoms with Crippen LogP contribution in [-0.4, -0.2) is 60.6 Å². The summed E-state index contributed by atoms with van der Waals surface area (Å²) < 4.78 is 65.7. The second kappa shape index (κ2) is 13.4. The van der Waals surface area contributed by atoms with Crippen molar-refractivity contribution in [1.82, 2.24) is 5.32 Å². The number of hydrogen-bond acceptors (Lipinski definition) is 8. The third-order valence-electron chi connectivity index (χ3n) is 4.08. The Morgan fingerprint density at radius 3 is 2.12 bits per heavy atom. The highest BCUT2D eigenvalue weighted by atomic mass is 32.2. The van der Waals surface area contributed by atoms with Crippen LogP contribution in [0.4, 0.5) is 0 Å². The Bertz CT molecular complexity index is 1080. The molecule has 0 bridgehead atoms. The molecule has 4 N–H and O–H groups in total. The molecular weight excluding hydrogens is 472 g/mol. The number of methoxy groups -OCH3 is 1. The molecule has 12 heteroatoms. The zero-order valence-corrected chi connectivity index (χ0v) is 20.8. The zero-order chi connectivity index (χ0) is 25.1. The molecular formula is C21H32N2O8S2. The van der Waals surface area contributed by atoms with Crippen LogP contribution in [0.15, 0.2) is 47.4 Å². The van der Waals surface area contributed by atoms with E-state index in [0.717, 1.165) is 11.3 Å². The molecule has 0 aliphatic heterocycles. The predicted octanol–water partition coefficient (Wildman–Crippen LogP) is 1.84. The van der Waals surface area contributed by atoms with Gasteiger partial charge in [-0.15, -0.1) is 0 Å². The summed E-state index contributed by atoms with van der Waals surface area (Å²) in [4.78, 5) is -0.00411. The molecule has 0 heterocycles. The first-order valence-electron chi connectivity index (χ1n) is 10.0. The van der Waals surface area contributed by atoms with Crippen molar-refractivity contribution in [2.45, 2.75) is 31.2 Å². The van der Waals surface area contributed by atoms with Crippen LogP contribution in [0.5, 0.6) is 17.2 Å². The first kappa shape index (κ1) is 28.7. The first-order chi connectivity index (χ1) is 15.3. The van der Waals surface area contributed by atoms with Gasteiger partial charge in [0, 0.05) is 12.6 Å². The van der Waals surface area contributed by atoms with Gasteiger partial charge in [-0.05, 0) is 50.1 Å². The number of ether oxygens (including phenoxy) is 3. The highest BCUT2D eigenvalue weighted by Gasteiger charge is 2.16.